The van der Waals surface area contributed by atoms with E-state index in [2.05, 4.69) is 36.2 Å². The van der Waals surface area contributed by atoms with Crippen LogP contribution in [0.3, 0.4) is 0 Å². The van der Waals surface area contributed by atoms with Crippen LogP contribution in [0.1, 0.15) is 13.3 Å². The van der Waals surface area contributed by atoms with Gasteiger partial charge in [-0.1, -0.05) is 29.9 Å². The Bertz CT molecular complexity index is 242. The Morgan fingerprint density at radius 1 is 1.45 bits per heavy atom. The summed E-state index contributed by atoms with van der Waals surface area (Å²) in [6.07, 6.45) is 11.4. The first-order valence-electron chi connectivity index (χ1n) is 3.79. The first-order valence-corrected chi connectivity index (χ1v) is 3.79. The molecule has 0 aromatic rings. The molecule has 0 fully saturated rings. The van der Waals surface area contributed by atoms with Crippen molar-refractivity contribution >= 4 is 6.21 Å². The van der Waals surface area contributed by atoms with Gasteiger partial charge in [-0.25, -0.2) is 0 Å². The van der Waals surface area contributed by atoms with E-state index in [1.807, 2.05) is 6.21 Å². The number of hydrogen-bond acceptors (Lipinski definition) is 1. The quantitative estimate of drug-likeness (QED) is 0.505. The van der Waals surface area contributed by atoms with E-state index in [4.69, 9.17) is 0 Å². The number of nitrogens with zero attached hydrogens (tertiary/aromatic N) is 1. The number of allylic oxidation sites excluding steroid dienone is 6. The molecule has 0 unspecified atom stereocenters. The van der Waals surface area contributed by atoms with Gasteiger partial charge in [-0.15, -0.1) is 0 Å². The normalized spacial score (nSPS) is 18.0. The second kappa shape index (κ2) is 3.91. The molecule has 58 valence electrons. The maximum absolute atomic E-state index is 3.95. The zero-order chi connectivity index (χ0) is 8.10. The Labute approximate surface area is 67.8 Å². The molecule has 0 aromatic heterocycles. The molecule has 0 bridgehead atoms. The lowest BCUT2D eigenvalue weighted by atomic mass is 10.2. The summed E-state index contributed by atoms with van der Waals surface area (Å²) in [4.78, 5) is 3.95. The minimum Gasteiger partial charge on any atom is -0.296 e. The van der Waals surface area contributed by atoms with Crippen LogP contribution in [0.15, 0.2) is 40.4 Å². The molecule has 0 radical (unpaired) electrons. The Morgan fingerprint density at radius 3 is 3.00 bits per heavy atom. The maximum Gasteiger partial charge on any atom is 0.0281 e. The molecule has 0 atom stereocenters. The lowest BCUT2D eigenvalue weighted by molar-refractivity contribution is 1.22. The van der Waals surface area contributed by atoms with Gasteiger partial charge in [-0.2, -0.15) is 0 Å². The Morgan fingerprint density at radius 2 is 2.27 bits per heavy atom. The van der Waals surface area contributed by atoms with Crippen molar-refractivity contribution in [1.82, 2.24) is 0 Å². The zero-order valence-corrected chi connectivity index (χ0v) is 7.04. The van der Waals surface area contributed by atoms with E-state index < -0.39 is 0 Å². The van der Waals surface area contributed by atoms with Crippen molar-refractivity contribution in [2.45, 2.75) is 13.3 Å². The molecule has 0 spiro atoms. The van der Waals surface area contributed by atoms with Gasteiger partial charge in [0.25, 0.3) is 0 Å². The van der Waals surface area contributed by atoms with E-state index in [0.29, 0.717) is 0 Å². The molecule has 1 aliphatic carbocycles. The highest BCUT2D eigenvalue weighted by Crippen LogP contribution is 2.08. The molecular weight excluding hydrogens is 134 g/mol. The molecule has 0 saturated carbocycles. The molecule has 0 aliphatic heterocycles. The smallest absolute Gasteiger partial charge is 0.0281 e. The molecule has 1 rings (SSSR count). The number of rotatable bonds is 1. The van der Waals surface area contributed by atoms with Crippen LogP contribution in [0.25, 0.3) is 0 Å². The van der Waals surface area contributed by atoms with Crippen LogP contribution in [-0.4, -0.2) is 13.3 Å². The molecule has 0 aromatic carbocycles. The molecular formula is C10H13N. The predicted octanol–water partition coefficient (Wildman–Crippen LogP) is 2.52. The summed E-state index contributed by atoms with van der Waals surface area (Å²) in [6, 6.07) is 0. The fourth-order valence-electron chi connectivity index (χ4n) is 0.978. The van der Waals surface area contributed by atoms with Gasteiger partial charge in [-0.05, 0) is 18.9 Å². The average Bonchev–Trinajstić information content (AvgIpc) is 2.17. The van der Waals surface area contributed by atoms with E-state index in [-0.39, 0.29) is 0 Å². The lowest BCUT2D eigenvalue weighted by Crippen LogP contribution is -1.76. The van der Waals surface area contributed by atoms with Crippen LogP contribution in [0.4, 0.5) is 0 Å². The summed E-state index contributed by atoms with van der Waals surface area (Å²) < 4.78 is 0. The molecule has 0 saturated heterocycles. The van der Waals surface area contributed by atoms with Crippen LogP contribution in [0.2, 0.25) is 0 Å². The van der Waals surface area contributed by atoms with Gasteiger partial charge in [0.1, 0.15) is 0 Å². The molecule has 1 aliphatic rings. The highest BCUT2D eigenvalue weighted by Gasteiger charge is 1.91. The van der Waals surface area contributed by atoms with Gasteiger partial charge in [0, 0.05) is 13.3 Å². The van der Waals surface area contributed by atoms with Gasteiger partial charge in [0.05, 0.1) is 0 Å². The van der Waals surface area contributed by atoms with Crippen LogP contribution >= 0.6 is 0 Å². The minimum atomic E-state index is 1.05. The van der Waals surface area contributed by atoms with Crippen molar-refractivity contribution in [3.8, 4) is 0 Å². The summed E-state index contributed by atoms with van der Waals surface area (Å²) in [5.41, 5.74) is 2.56. The summed E-state index contributed by atoms with van der Waals surface area (Å²) >= 11 is 0. The second-order valence-corrected chi connectivity index (χ2v) is 2.67. The van der Waals surface area contributed by atoms with Crippen LogP contribution in [-0.2, 0) is 0 Å². The van der Waals surface area contributed by atoms with Gasteiger partial charge >= 0.3 is 0 Å². The van der Waals surface area contributed by atoms with Crippen molar-refractivity contribution in [2.75, 3.05) is 7.05 Å². The van der Waals surface area contributed by atoms with Crippen LogP contribution in [0, 0.1) is 0 Å². The molecule has 1 heteroatoms. The average molecular weight is 147 g/mol. The van der Waals surface area contributed by atoms with Gasteiger partial charge in [0.2, 0.25) is 0 Å². The second-order valence-electron chi connectivity index (χ2n) is 2.67. The van der Waals surface area contributed by atoms with E-state index in [0.717, 1.165) is 6.42 Å². The first-order chi connectivity index (χ1) is 5.33. The number of aliphatic imine (C=N–C) groups is 1. The lowest BCUT2D eigenvalue weighted by Gasteiger charge is -1.86. The topological polar surface area (TPSA) is 12.4 Å². The van der Waals surface area contributed by atoms with Crippen LogP contribution in [0.5, 0.6) is 0 Å². The fraction of sp³-hybridized carbons (Fsp3) is 0.300. The summed E-state index contributed by atoms with van der Waals surface area (Å²) in [5.74, 6) is 0. The van der Waals surface area contributed by atoms with Crippen molar-refractivity contribution in [3.05, 3.63) is 35.5 Å². The molecule has 1 nitrogen and oxygen atoms in total. The molecule has 11 heavy (non-hydrogen) atoms. The Balaban J connectivity index is 2.80. The first kappa shape index (κ1) is 7.99. The highest BCUT2D eigenvalue weighted by atomic mass is 14.6. The van der Waals surface area contributed by atoms with Crippen molar-refractivity contribution < 1.29 is 0 Å². The van der Waals surface area contributed by atoms with Gasteiger partial charge < -0.3 is 0 Å². The standard InChI is InChI=1S/C10H13N/c1-9-4-3-5-10(7-6-9)8-11-2/h3,5-8H,4H2,1-2H3/b11-8+. The van der Waals surface area contributed by atoms with E-state index >= 15 is 0 Å². The Hall–Kier alpha value is -1.11. The van der Waals surface area contributed by atoms with Crippen LogP contribution < -0.4 is 0 Å². The van der Waals surface area contributed by atoms with Crippen molar-refractivity contribution in [2.24, 2.45) is 4.99 Å². The van der Waals surface area contributed by atoms with Gasteiger partial charge in [0.15, 0.2) is 0 Å². The Kier molecular flexibility index (Phi) is 2.84. The maximum atomic E-state index is 3.95. The van der Waals surface area contributed by atoms with Crippen molar-refractivity contribution in [1.29, 1.82) is 0 Å². The zero-order valence-electron chi connectivity index (χ0n) is 7.04. The molecule has 0 amide bonds. The third kappa shape index (κ3) is 2.54. The minimum absolute atomic E-state index is 1.05. The summed E-state index contributed by atoms with van der Waals surface area (Å²) in [5, 5.41) is 0. The fourth-order valence-corrected chi connectivity index (χ4v) is 0.978. The van der Waals surface area contributed by atoms with E-state index in [1.165, 1.54) is 11.1 Å². The molecule has 0 N–H and O–H groups in total. The molecule has 0 heterocycles. The summed E-state index contributed by atoms with van der Waals surface area (Å²) in [7, 11) is 1.79. The summed E-state index contributed by atoms with van der Waals surface area (Å²) in [6.45, 7) is 2.13. The van der Waals surface area contributed by atoms with E-state index in [9.17, 15) is 0 Å². The van der Waals surface area contributed by atoms with Crippen molar-refractivity contribution in [3.63, 3.8) is 0 Å². The predicted molar refractivity (Wildman–Crippen MR) is 50.0 cm³/mol. The third-order valence-electron chi connectivity index (χ3n) is 1.59. The van der Waals surface area contributed by atoms with Gasteiger partial charge in [-0.3, -0.25) is 4.99 Å². The monoisotopic (exact) mass is 147 g/mol. The highest BCUT2D eigenvalue weighted by molar-refractivity contribution is 5.82. The third-order valence-corrected chi connectivity index (χ3v) is 1.59. The van der Waals surface area contributed by atoms with E-state index in [1.54, 1.807) is 7.05 Å². The largest absolute Gasteiger partial charge is 0.296 e. The SMILES string of the molecule is C/N=C/C1=CC=C(C)CC=C1. The number of hydrogen-bond donors (Lipinski definition) is 0.